The summed E-state index contributed by atoms with van der Waals surface area (Å²) in [6, 6.07) is 0. The highest BCUT2D eigenvalue weighted by Crippen LogP contribution is 2.23. The van der Waals surface area contributed by atoms with Crippen molar-refractivity contribution >= 4 is 28.6 Å². The zero-order valence-electron chi connectivity index (χ0n) is 12.0. The highest BCUT2D eigenvalue weighted by Gasteiger charge is 2.14. The van der Waals surface area contributed by atoms with Crippen LogP contribution in [-0.4, -0.2) is 35.0 Å². The van der Waals surface area contributed by atoms with E-state index in [0.717, 1.165) is 5.65 Å². The average Bonchev–Trinajstić information content (AvgIpc) is 3.25. The van der Waals surface area contributed by atoms with Gasteiger partial charge in [0, 0.05) is 37.2 Å². The summed E-state index contributed by atoms with van der Waals surface area (Å²) in [4.78, 5) is 25.0. The molecule has 0 spiro atoms. The topological polar surface area (TPSA) is 90.0 Å². The molecule has 4 rings (SSSR count). The summed E-state index contributed by atoms with van der Waals surface area (Å²) in [5, 5.41) is 9.16. The zero-order valence-corrected chi connectivity index (χ0v) is 12.9. The van der Waals surface area contributed by atoms with Gasteiger partial charge in [0.05, 0.1) is 18.1 Å². The minimum absolute atomic E-state index is 0.272. The fourth-order valence-corrected chi connectivity index (χ4v) is 2.88. The molecule has 9 heteroatoms. The molecular formula is C14H11N7OS. The van der Waals surface area contributed by atoms with Crippen molar-refractivity contribution in [3.8, 4) is 10.7 Å². The lowest BCUT2D eigenvalue weighted by Gasteiger charge is -1.97. The predicted octanol–water partition coefficient (Wildman–Crippen LogP) is 1.84. The molecule has 1 N–H and O–H groups in total. The van der Waals surface area contributed by atoms with Crippen molar-refractivity contribution in [3.63, 3.8) is 0 Å². The number of amides is 1. The van der Waals surface area contributed by atoms with E-state index in [2.05, 4.69) is 25.4 Å². The van der Waals surface area contributed by atoms with Gasteiger partial charge >= 0.3 is 0 Å². The Hall–Kier alpha value is -3.07. The number of hydrogen-bond donors (Lipinski definition) is 1. The Bertz CT molecular complexity index is 966. The van der Waals surface area contributed by atoms with Crippen LogP contribution in [0.2, 0.25) is 0 Å². The van der Waals surface area contributed by atoms with Crippen LogP contribution in [0.5, 0.6) is 0 Å². The molecule has 114 valence electrons. The van der Waals surface area contributed by atoms with Crippen LogP contribution in [0.25, 0.3) is 16.3 Å². The van der Waals surface area contributed by atoms with Crippen molar-refractivity contribution < 1.29 is 4.79 Å². The Labute approximate surface area is 134 Å². The van der Waals surface area contributed by atoms with Crippen molar-refractivity contribution in [2.24, 2.45) is 7.05 Å². The first-order valence-electron chi connectivity index (χ1n) is 6.74. The SMILES string of the molecule is Cn1cc(NC(=O)c2csc(-c3cn4ccncc4n3)n2)cn1. The molecule has 0 radical (unpaired) electrons. The molecule has 4 aromatic heterocycles. The van der Waals surface area contributed by atoms with Crippen LogP contribution >= 0.6 is 11.3 Å². The number of anilines is 1. The summed E-state index contributed by atoms with van der Waals surface area (Å²) < 4.78 is 3.48. The number of nitrogens with zero attached hydrogens (tertiary/aromatic N) is 6. The molecule has 0 unspecified atom stereocenters. The number of carbonyl (C=O) groups excluding carboxylic acids is 1. The van der Waals surface area contributed by atoms with Crippen molar-refractivity contribution in [1.29, 1.82) is 0 Å². The molecule has 0 aliphatic rings. The van der Waals surface area contributed by atoms with Crippen LogP contribution in [0.15, 0.2) is 42.6 Å². The maximum Gasteiger partial charge on any atom is 0.275 e. The number of imidazole rings is 1. The van der Waals surface area contributed by atoms with Gasteiger partial charge in [-0.15, -0.1) is 11.3 Å². The number of rotatable bonds is 3. The Morgan fingerprint density at radius 1 is 1.26 bits per heavy atom. The van der Waals surface area contributed by atoms with E-state index in [4.69, 9.17) is 0 Å². The highest BCUT2D eigenvalue weighted by molar-refractivity contribution is 7.13. The fraction of sp³-hybridized carbons (Fsp3) is 0.0714. The van der Waals surface area contributed by atoms with E-state index in [1.54, 1.807) is 41.9 Å². The molecule has 0 saturated carbocycles. The molecule has 0 atom stereocenters. The summed E-state index contributed by atoms with van der Waals surface area (Å²) in [5.74, 6) is -0.272. The lowest BCUT2D eigenvalue weighted by atomic mass is 10.4. The third kappa shape index (κ3) is 2.57. The molecular weight excluding hydrogens is 314 g/mol. The van der Waals surface area contributed by atoms with Crippen LogP contribution in [0, 0.1) is 0 Å². The monoisotopic (exact) mass is 325 g/mol. The summed E-state index contributed by atoms with van der Waals surface area (Å²) in [7, 11) is 1.79. The van der Waals surface area contributed by atoms with Gasteiger partial charge in [-0.05, 0) is 0 Å². The summed E-state index contributed by atoms with van der Waals surface area (Å²) in [6.07, 6.45) is 10.3. The number of aromatic nitrogens is 6. The minimum Gasteiger partial charge on any atom is -0.318 e. The van der Waals surface area contributed by atoms with Gasteiger partial charge in [0.2, 0.25) is 0 Å². The maximum atomic E-state index is 12.2. The van der Waals surface area contributed by atoms with Gasteiger partial charge in [0.15, 0.2) is 5.65 Å². The fourth-order valence-electron chi connectivity index (χ4n) is 2.12. The van der Waals surface area contributed by atoms with Crippen LogP contribution < -0.4 is 5.32 Å². The number of fused-ring (bicyclic) bond motifs is 1. The molecule has 0 bridgehead atoms. The van der Waals surface area contributed by atoms with Crippen LogP contribution in [-0.2, 0) is 7.05 Å². The molecule has 0 aliphatic carbocycles. The first-order valence-corrected chi connectivity index (χ1v) is 7.61. The van der Waals surface area contributed by atoms with E-state index in [0.29, 0.717) is 22.1 Å². The zero-order chi connectivity index (χ0) is 15.8. The predicted molar refractivity (Wildman–Crippen MR) is 85.3 cm³/mol. The lowest BCUT2D eigenvalue weighted by Crippen LogP contribution is -2.11. The van der Waals surface area contributed by atoms with Crippen LogP contribution in [0.3, 0.4) is 0 Å². The number of thiazole rings is 1. The maximum absolute atomic E-state index is 12.2. The summed E-state index contributed by atoms with van der Waals surface area (Å²) >= 11 is 1.37. The molecule has 4 heterocycles. The van der Waals surface area contributed by atoms with Gasteiger partial charge in [-0.3, -0.25) is 14.5 Å². The summed E-state index contributed by atoms with van der Waals surface area (Å²) in [5.41, 5.74) is 2.43. The number of hydrogen-bond acceptors (Lipinski definition) is 6. The highest BCUT2D eigenvalue weighted by atomic mass is 32.1. The molecule has 1 amide bonds. The van der Waals surface area contributed by atoms with Gasteiger partial charge in [0.1, 0.15) is 16.4 Å². The summed E-state index contributed by atoms with van der Waals surface area (Å²) in [6.45, 7) is 0. The third-order valence-electron chi connectivity index (χ3n) is 3.18. The first kappa shape index (κ1) is 13.6. The molecule has 0 saturated heterocycles. The number of carbonyl (C=O) groups is 1. The van der Waals surface area contributed by atoms with Crippen LogP contribution in [0.1, 0.15) is 10.5 Å². The van der Waals surface area contributed by atoms with Crippen molar-refractivity contribution in [2.75, 3.05) is 5.32 Å². The molecule has 0 fully saturated rings. The van der Waals surface area contributed by atoms with E-state index in [1.807, 2.05) is 16.8 Å². The smallest absolute Gasteiger partial charge is 0.275 e. The first-order chi connectivity index (χ1) is 11.2. The largest absolute Gasteiger partial charge is 0.318 e. The van der Waals surface area contributed by atoms with Gasteiger partial charge in [0.25, 0.3) is 5.91 Å². The normalized spacial score (nSPS) is 11.0. The quantitative estimate of drug-likeness (QED) is 0.621. The molecule has 23 heavy (non-hydrogen) atoms. The van der Waals surface area contributed by atoms with Crippen LogP contribution in [0.4, 0.5) is 5.69 Å². The Morgan fingerprint density at radius 3 is 2.96 bits per heavy atom. The van der Waals surface area contributed by atoms with Gasteiger partial charge in [-0.25, -0.2) is 9.97 Å². The second kappa shape index (κ2) is 5.29. The molecule has 0 aromatic carbocycles. The Balaban J connectivity index is 1.59. The van der Waals surface area contributed by atoms with E-state index < -0.39 is 0 Å². The van der Waals surface area contributed by atoms with E-state index in [-0.39, 0.29) is 5.91 Å². The second-order valence-electron chi connectivity index (χ2n) is 4.86. The van der Waals surface area contributed by atoms with Crippen molar-refractivity contribution in [3.05, 3.63) is 48.3 Å². The number of aryl methyl sites for hydroxylation is 1. The number of nitrogens with one attached hydrogen (secondary N) is 1. The molecule has 4 aromatic rings. The minimum atomic E-state index is -0.272. The van der Waals surface area contributed by atoms with E-state index in [1.165, 1.54) is 11.3 Å². The Kier molecular flexibility index (Phi) is 3.12. The van der Waals surface area contributed by atoms with E-state index in [9.17, 15) is 4.79 Å². The van der Waals surface area contributed by atoms with Gasteiger partial charge in [-0.1, -0.05) is 0 Å². The van der Waals surface area contributed by atoms with Crippen molar-refractivity contribution in [1.82, 2.24) is 29.1 Å². The second-order valence-corrected chi connectivity index (χ2v) is 5.72. The van der Waals surface area contributed by atoms with Gasteiger partial charge in [-0.2, -0.15) is 5.10 Å². The van der Waals surface area contributed by atoms with Crippen molar-refractivity contribution in [2.45, 2.75) is 0 Å². The van der Waals surface area contributed by atoms with Gasteiger partial charge < -0.3 is 9.72 Å². The molecule has 0 aliphatic heterocycles. The standard InChI is InChI=1S/C14H11N7OS/c1-20-6-9(4-16-20)17-13(22)11-8-23-14(19-11)10-7-21-3-2-15-5-12(21)18-10/h2-8H,1H3,(H,17,22). The Morgan fingerprint density at radius 2 is 2.17 bits per heavy atom. The molecule has 8 nitrogen and oxygen atoms in total. The van der Waals surface area contributed by atoms with E-state index >= 15 is 0 Å². The average molecular weight is 325 g/mol. The lowest BCUT2D eigenvalue weighted by molar-refractivity contribution is 0.102. The third-order valence-corrected chi connectivity index (χ3v) is 4.05.